The summed E-state index contributed by atoms with van der Waals surface area (Å²) in [4.78, 5) is 26.6. The SMILES string of the molecule is CCOC(=O)[C@H](C(C)C)N(CCCCCCl)C(=O)OCc1ccccc1. The minimum Gasteiger partial charge on any atom is -0.464 e. The molecule has 0 aliphatic rings. The van der Waals surface area contributed by atoms with Crippen LogP contribution in [-0.2, 0) is 20.9 Å². The van der Waals surface area contributed by atoms with Gasteiger partial charge in [0.25, 0.3) is 0 Å². The van der Waals surface area contributed by atoms with Gasteiger partial charge in [0.1, 0.15) is 12.6 Å². The molecule has 0 aliphatic heterocycles. The number of benzene rings is 1. The van der Waals surface area contributed by atoms with E-state index >= 15 is 0 Å². The number of nitrogens with zero attached hydrogens (tertiary/aromatic N) is 1. The Morgan fingerprint density at radius 1 is 1.08 bits per heavy atom. The average Bonchev–Trinajstić information content (AvgIpc) is 2.63. The zero-order valence-corrected chi connectivity index (χ0v) is 16.7. The quantitative estimate of drug-likeness (QED) is 0.318. The zero-order chi connectivity index (χ0) is 19.4. The summed E-state index contributed by atoms with van der Waals surface area (Å²) in [6.45, 7) is 6.45. The molecule has 0 unspecified atom stereocenters. The Kier molecular flexibility index (Phi) is 10.8. The lowest BCUT2D eigenvalue weighted by molar-refractivity contribution is -0.150. The van der Waals surface area contributed by atoms with E-state index in [2.05, 4.69) is 0 Å². The molecule has 1 atom stereocenters. The van der Waals surface area contributed by atoms with Gasteiger partial charge < -0.3 is 9.47 Å². The molecule has 1 amide bonds. The first-order valence-electron chi connectivity index (χ1n) is 9.21. The molecule has 1 aromatic carbocycles. The van der Waals surface area contributed by atoms with E-state index in [1.54, 1.807) is 6.92 Å². The van der Waals surface area contributed by atoms with Crippen LogP contribution in [0, 0.1) is 5.92 Å². The number of amides is 1. The fourth-order valence-electron chi connectivity index (χ4n) is 2.69. The first kappa shape index (κ1) is 22.3. The van der Waals surface area contributed by atoms with Crippen molar-refractivity contribution in [3.8, 4) is 0 Å². The van der Waals surface area contributed by atoms with Crippen molar-refractivity contribution >= 4 is 23.7 Å². The number of unbranched alkanes of at least 4 members (excludes halogenated alkanes) is 2. The molecule has 0 spiro atoms. The van der Waals surface area contributed by atoms with Crippen LogP contribution < -0.4 is 0 Å². The smallest absolute Gasteiger partial charge is 0.410 e. The molecule has 0 saturated heterocycles. The maximum absolute atomic E-state index is 12.7. The third-order valence-electron chi connectivity index (χ3n) is 3.97. The predicted octanol–water partition coefficient (Wildman–Crippen LogP) is 4.62. The van der Waals surface area contributed by atoms with E-state index in [1.165, 1.54) is 4.90 Å². The van der Waals surface area contributed by atoms with Crippen LogP contribution in [0.4, 0.5) is 4.79 Å². The summed E-state index contributed by atoms with van der Waals surface area (Å²) in [6, 6.07) is 8.82. The molecule has 146 valence electrons. The molecule has 6 heteroatoms. The molecular formula is C20H30ClNO4. The lowest BCUT2D eigenvalue weighted by Gasteiger charge is -2.32. The van der Waals surface area contributed by atoms with Gasteiger partial charge in [-0.15, -0.1) is 11.6 Å². The van der Waals surface area contributed by atoms with E-state index in [1.807, 2.05) is 44.2 Å². The number of hydrogen-bond donors (Lipinski definition) is 0. The number of ether oxygens (including phenoxy) is 2. The minimum atomic E-state index is -0.658. The maximum atomic E-state index is 12.7. The van der Waals surface area contributed by atoms with Crippen molar-refractivity contribution in [2.75, 3.05) is 19.0 Å². The van der Waals surface area contributed by atoms with Gasteiger partial charge >= 0.3 is 12.1 Å². The Bertz CT molecular complexity index is 536. The Labute approximate surface area is 161 Å². The number of halogens is 1. The third-order valence-corrected chi connectivity index (χ3v) is 4.23. The van der Waals surface area contributed by atoms with Crippen LogP contribution in [-0.4, -0.2) is 42.0 Å². The Hall–Kier alpha value is -1.75. The van der Waals surface area contributed by atoms with E-state index in [4.69, 9.17) is 21.1 Å². The molecular weight excluding hydrogens is 354 g/mol. The second kappa shape index (κ2) is 12.6. The molecule has 0 bridgehead atoms. The van der Waals surface area contributed by atoms with Gasteiger partial charge in [0.2, 0.25) is 0 Å². The molecule has 26 heavy (non-hydrogen) atoms. The second-order valence-electron chi connectivity index (χ2n) is 6.42. The van der Waals surface area contributed by atoms with Crippen molar-refractivity contribution in [1.82, 2.24) is 4.90 Å². The fraction of sp³-hybridized carbons (Fsp3) is 0.600. The molecule has 1 aromatic rings. The van der Waals surface area contributed by atoms with Crippen molar-refractivity contribution in [3.63, 3.8) is 0 Å². The van der Waals surface area contributed by atoms with Gasteiger partial charge in [-0.3, -0.25) is 4.90 Å². The number of rotatable bonds is 11. The topological polar surface area (TPSA) is 55.8 Å². The third kappa shape index (κ3) is 7.65. The van der Waals surface area contributed by atoms with E-state index in [0.717, 1.165) is 24.8 Å². The first-order valence-corrected chi connectivity index (χ1v) is 9.74. The molecule has 1 rings (SSSR count). The molecule has 0 saturated carbocycles. The summed E-state index contributed by atoms with van der Waals surface area (Å²) in [5.41, 5.74) is 0.903. The maximum Gasteiger partial charge on any atom is 0.410 e. The van der Waals surface area contributed by atoms with Crippen LogP contribution in [0.5, 0.6) is 0 Å². The van der Waals surface area contributed by atoms with Gasteiger partial charge in [-0.1, -0.05) is 50.6 Å². The second-order valence-corrected chi connectivity index (χ2v) is 6.80. The normalized spacial score (nSPS) is 11.9. The van der Waals surface area contributed by atoms with E-state index in [-0.39, 0.29) is 19.1 Å². The van der Waals surface area contributed by atoms with Gasteiger partial charge in [0.05, 0.1) is 6.61 Å². The standard InChI is InChI=1S/C20H30ClNO4/c1-4-25-19(23)18(16(2)3)22(14-10-6-9-13-21)20(24)26-15-17-11-7-5-8-12-17/h5,7-8,11-12,16,18H,4,6,9-10,13-15H2,1-3H3/t18-/m0/s1. The monoisotopic (exact) mass is 383 g/mol. The Balaban J connectivity index is 2.82. The van der Waals surface area contributed by atoms with E-state index in [9.17, 15) is 9.59 Å². The van der Waals surface area contributed by atoms with Crippen LogP contribution >= 0.6 is 11.6 Å². The van der Waals surface area contributed by atoms with Crippen LogP contribution in [0.2, 0.25) is 0 Å². The van der Waals surface area contributed by atoms with Gasteiger partial charge in [0, 0.05) is 12.4 Å². The number of carbonyl (C=O) groups is 2. The number of esters is 1. The van der Waals surface area contributed by atoms with Crippen LogP contribution in [0.15, 0.2) is 30.3 Å². The lowest BCUT2D eigenvalue weighted by atomic mass is 10.0. The molecule has 0 radical (unpaired) electrons. The van der Waals surface area contributed by atoms with Gasteiger partial charge in [-0.05, 0) is 31.2 Å². The zero-order valence-electron chi connectivity index (χ0n) is 15.9. The Morgan fingerprint density at radius 3 is 2.35 bits per heavy atom. The summed E-state index contributed by atoms with van der Waals surface area (Å²) >= 11 is 5.72. The summed E-state index contributed by atoms with van der Waals surface area (Å²) in [5, 5.41) is 0. The average molecular weight is 384 g/mol. The van der Waals surface area contributed by atoms with Crippen molar-refractivity contribution in [3.05, 3.63) is 35.9 Å². The number of hydrogen-bond acceptors (Lipinski definition) is 4. The summed E-state index contributed by atoms with van der Waals surface area (Å²) in [6.07, 6.45) is 2.03. The minimum absolute atomic E-state index is 0.0775. The summed E-state index contributed by atoms with van der Waals surface area (Å²) in [7, 11) is 0. The van der Waals surface area contributed by atoms with E-state index < -0.39 is 18.1 Å². The molecule has 0 aromatic heterocycles. The Morgan fingerprint density at radius 2 is 1.77 bits per heavy atom. The molecule has 0 N–H and O–H groups in total. The van der Waals surface area contributed by atoms with Crippen LogP contribution in [0.3, 0.4) is 0 Å². The van der Waals surface area contributed by atoms with E-state index in [0.29, 0.717) is 12.4 Å². The number of carbonyl (C=O) groups excluding carboxylic acids is 2. The molecule has 0 fully saturated rings. The van der Waals surface area contributed by atoms with Crippen molar-refractivity contribution in [2.24, 2.45) is 5.92 Å². The highest BCUT2D eigenvalue weighted by Gasteiger charge is 2.34. The first-order chi connectivity index (χ1) is 12.5. The van der Waals surface area contributed by atoms with Gasteiger partial charge in [-0.25, -0.2) is 9.59 Å². The molecule has 0 aliphatic carbocycles. The highest BCUT2D eigenvalue weighted by molar-refractivity contribution is 6.17. The largest absolute Gasteiger partial charge is 0.464 e. The van der Waals surface area contributed by atoms with Crippen molar-refractivity contribution in [1.29, 1.82) is 0 Å². The highest BCUT2D eigenvalue weighted by atomic mass is 35.5. The predicted molar refractivity (Wildman–Crippen MR) is 103 cm³/mol. The van der Waals surface area contributed by atoms with Crippen LogP contribution in [0.25, 0.3) is 0 Å². The van der Waals surface area contributed by atoms with Crippen LogP contribution in [0.1, 0.15) is 45.6 Å². The van der Waals surface area contributed by atoms with Gasteiger partial charge in [0.15, 0.2) is 0 Å². The molecule has 5 nitrogen and oxygen atoms in total. The fourth-order valence-corrected chi connectivity index (χ4v) is 2.88. The highest BCUT2D eigenvalue weighted by Crippen LogP contribution is 2.17. The van der Waals surface area contributed by atoms with Crippen molar-refractivity contribution < 1.29 is 19.1 Å². The lowest BCUT2D eigenvalue weighted by Crippen LogP contribution is -2.49. The van der Waals surface area contributed by atoms with Crippen molar-refractivity contribution in [2.45, 2.75) is 52.7 Å². The number of alkyl halides is 1. The molecule has 0 heterocycles. The van der Waals surface area contributed by atoms with Gasteiger partial charge in [-0.2, -0.15) is 0 Å². The summed E-state index contributed by atoms with van der Waals surface area (Å²) < 4.78 is 10.6. The summed E-state index contributed by atoms with van der Waals surface area (Å²) in [5.74, 6) is 0.118.